The highest BCUT2D eigenvalue weighted by Crippen LogP contribution is 2.34. The van der Waals surface area contributed by atoms with Crippen molar-refractivity contribution in [2.45, 2.75) is 26.7 Å². The predicted molar refractivity (Wildman–Crippen MR) is 55.6 cm³/mol. The average Bonchev–Trinajstić information content (AvgIpc) is 2.09. The lowest BCUT2D eigenvalue weighted by molar-refractivity contribution is -0.108. The van der Waals surface area contributed by atoms with E-state index in [-0.39, 0.29) is 5.24 Å². The highest BCUT2D eigenvalue weighted by molar-refractivity contribution is 6.68. The van der Waals surface area contributed by atoms with Gasteiger partial charge in [0.2, 0.25) is 0 Å². The third kappa shape index (κ3) is 2.70. The van der Waals surface area contributed by atoms with E-state index < -0.39 is 0 Å². The van der Waals surface area contributed by atoms with Crippen molar-refractivity contribution >= 4 is 16.8 Å². The minimum absolute atomic E-state index is 0.370. The molecular formula is C11H15ClO. The molecule has 1 fully saturated rings. The zero-order valence-corrected chi connectivity index (χ0v) is 8.84. The van der Waals surface area contributed by atoms with E-state index in [0.717, 1.165) is 5.92 Å². The second-order valence-electron chi connectivity index (χ2n) is 3.60. The van der Waals surface area contributed by atoms with Crippen molar-refractivity contribution in [3.8, 4) is 0 Å². The zero-order valence-electron chi connectivity index (χ0n) is 8.09. The molecule has 0 bridgehead atoms. The summed E-state index contributed by atoms with van der Waals surface area (Å²) in [4.78, 5) is 10.8. The minimum Gasteiger partial charge on any atom is -0.276 e. The van der Waals surface area contributed by atoms with E-state index in [0.29, 0.717) is 11.5 Å². The molecule has 1 saturated carbocycles. The van der Waals surface area contributed by atoms with Crippen LogP contribution in [0.15, 0.2) is 23.8 Å². The lowest BCUT2D eigenvalue weighted by Gasteiger charge is -2.31. The number of hydrogen-bond donors (Lipinski definition) is 0. The zero-order chi connectivity index (χ0) is 9.84. The molecule has 0 spiro atoms. The molecule has 0 aliphatic heterocycles. The van der Waals surface area contributed by atoms with E-state index >= 15 is 0 Å². The van der Waals surface area contributed by atoms with Gasteiger partial charge in [0.25, 0.3) is 5.24 Å². The van der Waals surface area contributed by atoms with Gasteiger partial charge < -0.3 is 0 Å². The molecule has 0 radical (unpaired) electrons. The van der Waals surface area contributed by atoms with Crippen molar-refractivity contribution in [1.29, 1.82) is 0 Å². The van der Waals surface area contributed by atoms with Crippen LogP contribution in [0.3, 0.4) is 0 Å². The van der Waals surface area contributed by atoms with Gasteiger partial charge in [-0.05, 0) is 43.2 Å². The normalized spacial score (nSPS) is 29.0. The van der Waals surface area contributed by atoms with Gasteiger partial charge in [0.05, 0.1) is 0 Å². The van der Waals surface area contributed by atoms with Crippen molar-refractivity contribution in [1.82, 2.24) is 0 Å². The maximum Gasteiger partial charge on any atom is 0.252 e. The van der Waals surface area contributed by atoms with Crippen molar-refractivity contribution in [2.24, 2.45) is 11.8 Å². The predicted octanol–water partition coefficient (Wildman–Crippen LogP) is 3.30. The highest BCUT2D eigenvalue weighted by atomic mass is 35.5. The van der Waals surface area contributed by atoms with Gasteiger partial charge in [-0.15, -0.1) is 0 Å². The molecule has 2 atom stereocenters. The number of halogens is 1. The lowest BCUT2D eigenvalue weighted by Crippen LogP contribution is -2.20. The molecule has 2 heteroatoms. The van der Waals surface area contributed by atoms with Crippen molar-refractivity contribution in [2.75, 3.05) is 0 Å². The van der Waals surface area contributed by atoms with Gasteiger partial charge >= 0.3 is 0 Å². The maximum atomic E-state index is 10.8. The molecule has 0 amide bonds. The molecule has 0 heterocycles. The molecule has 0 aromatic heterocycles. The second-order valence-corrected chi connectivity index (χ2v) is 3.94. The minimum atomic E-state index is -0.370. The number of allylic oxidation sites excluding steroid dienone is 4. The first kappa shape index (κ1) is 10.5. The van der Waals surface area contributed by atoms with Crippen molar-refractivity contribution in [3.63, 3.8) is 0 Å². The molecule has 13 heavy (non-hydrogen) atoms. The first-order valence-corrected chi connectivity index (χ1v) is 5.07. The van der Waals surface area contributed by atoms with Gasteiger partial charge in [0.15, 0.2) is 0 Å². The smallest absolute Gasteiger partial charge is 0.252 e. The van der Waals surface area contributed by atoms with E-state index in [2.05, 4.69) is 13.0 Å². The third-order valence-electron chi connectivity index (χ3n) is 2.75. The van der Waals surface area contributed by atoms with E-state index in [4.69, 9.17) is 11.6 Å². The summed E-state index contributed by atoms with van der Waals surface area (Å²) in [6.07, 6.45) is 8.23. The summed E-state index contributed by atoms with van der Waals surface area (Å²) in [7, 11) is 0. The van der Waals surface area contributed by atoms with Gasteiger partial charge in [0, 0.05) is 5.57 Å². The Morgan fingerprint density at radius 3 is 2.46 bits per heavy atom. The summed E-state index contributed by atoms with van der Waals surface area (Å²) in [6, 6.07) is 0. The lowest BCUT2D eigenvalue weighted by atomic mass is 9.75. The van der Waals surface area contributed by atoms with Gasteiger partial charge in [0.1, 0.15) is 0 Å². The first-order chi connectivity index (χ1) is 6.15. The molecule has 0 saturated heterocycles. The molecule has 1 aliphatic carbocycles. The summed E-state index contributed by atoms with van der Waals surface area (Å²) in [5.41, 5.74) is 0.598. The molecule has 1 rings (SSSR count). The summed E-state index contributed by atoms with van der Waals surface area (Å²) in [6.45, 7) is 4.06. The molecule has 1 nitrogen and oxygen atoms in total. The highest BCUT2D eigenvalue weighted by Gasteiger charge is 2.23. The fraction of sp³-hybridized carbons (Fsp3) is 0.545. The van der Waals surface area contributed by atoms with E-state index in [1.807, 2.05) is 13.0 Å². The molecule has 1 aliphatic rings. The Morgan fingerprint density at radius 2 is 2.15 bits per heavy atom. The van der Waals surface area contributed by atoms with Crippen LogP contribution >= 0.6 is 11.6 Å². The topological polar surface area (TPSA) is 17.1 Å². The molecule has 0 N–H and O–H groups in total. The van der Waals surface area contributed by atoms with Gasteiger partial charge in [-0.1, -0.05) is 25.2 Å². The van der Waals surface area contributed by atoms with Crippen LogP contribution < -0.4 is 0 Å². The van der Waals surface area contributed by atoms with Crippen LogP contribution in [0.5, 0.6) is 0 Å². The Bertz CT molecular complexity index is 253. The van der Waals surface area contributed by atoms with E-state index in [1.165, 1.54) is 12.8 Å². The van der Waals surface area contributed by atoms with Crippen molar-refractivity contribution in [3.05, 3.63) is 23.8 Å². The van der Waals surface area contributed by atoms with Gasteiger partial charge in [-0.2, -0.15) is 0 Å². The summed E-state index contributed by atoms with van der Waals surface area (Å²) in [5.74, 6) is 1.41. The Labute approximate surface area is 84.5 Å². The Balaban J connectivity index is 2.51. The molecule has 2 unspecified atom stereocenters. The van der Waals surface area contributed by atoms with E-state index in [9.17, 15) is 4.79 Å². The summed E-state index contributed by atoms with van der Waals surface area (Å²) >= 11 is 5.37. The van der Waals surface area contributed by atoms with Crippen LogP contribution in [0.25, 0.3) is 0 Å². The number of carbonyl (C=O) groups is 1. The maximum absolute atomic E-state index is 10.8. The van der Waals surface area contributed by atoms with Gasteiger partial charge in [-0.25, -0.2) is 0 Å². The SMILES string of the molecule is C/C=C(\C=C/C1CCC1C)C(=O)Cl. The molecule has 72 valence electrons. The summed E-state index contributed by atoms with van der Waals surface area (Å²) < 4.78 is 0. The van der Waals surface area contributed by atoms with Crippen LogP contribution in [0.4, 0.5) is 0 Å². The van der Waals surface area contributed by atoms with Crippen LogP contribution in [-0.4, -0.2) is 5.24 Å². The molecule has 0 aromatic rings. The summed E-state index contributed by atoms with van der Waals surface area (Å²) in [5, 5.41) is -0.370. The fourth-order valence-electron chi connectivity index (χ4n) is 1.48. The fourth-order valence-corrected chi connectivity index (χ4v) is 1.65. The third-order valence-corrected chi connectivity index (χ3v) is 2.97. The standard InChI is InChI=1S/C11H15ClO/c1-3-9(11(12)13)6-7-10-5-4-8(10)2/h3,6-8,10H,4-5H2,1-2H3/b7-6-,9-3+. The van der Waals surface area contributed by atoms with Crippen molar-refractivity contribution < 1.29 is 4.79 Å². The second kappa shape index (κ2) is 4.61. The Hall–Kier alpha value is -0.560. The monoisotopic (exact) mass is 198 g/mol. The quantitative estimate of drug-likeness (QED) is 0.386. The number of rotatable bonds is 3. The van der Waals surface area contributed by atoms with E-state index in [1.54, 1.807) is 6.08 Å². The Morgan fingerprint density at radius 1 is 1.46 bits per heavy atom. The van der Waals surface area contributed by atoms with Crippen LogP contribution in [0.2, 0.25) is 0 Å². The first-order valence-electron chi connectivity index (χ1n) is 4.69. The molecule has 0 aromatic carbocycles. The van der Waals surface area contributed by atoms with Gasteiger partial charge in [-0.3, -0.25) is 4.79 Å². The number of carbonyl (C=O) groups excluding carboxylic acids is 1. The largest absolute Gasteiger partial charge is 0.276 e. The Kier molecular flexibility index (Phi) is 3.73. The average molecular weight is 199 g/mol. The van der Waals surface area contributed by atoms with Crippen LogP contribution in [0.1, 0.15) is 26.7 Å². The molecular weight excluding hydrogens is 184 g/mol. The van der Waals surface area contributed by atoms with Crippen LogP contribution in [-0.2, 0) is 4.79 Å². The number of hydrogen-bond acceptors (Lipinski definition) is 1. The van der Waals surface area contributed by atoms with Crippen LogP contribution in [0, 0.1) is 11.8 Å².